The lowest BCUT2D eigenvalue weighted by Crippen LogP contribution is -2.45. The van der Waals surface area contributed by atoms with E-state index in [4.69, 9.17) is 5.73 Å². The summed E-state index contributed by atoms with van der Waals surface area (Å²) >= 11 is 0. The third-order valence-corrected chi connectivity index (χ3v) is 3.60. The monoisotopic (exact) mass is 229 g/mol. The van der Waals surface area contributed by atoms with Crippen LogP contribution in [0.4, 0.5) is 0 Å². The zero-order valence-electron chi connectivity index (χ0n) is 11.6. The molecule has 3 heteroatoms. The van der Waals surface area contributed by atoms with E-state index in [1.54, 1.807) is 0 Å². The van der Waals surface area contributed by atoms with Gasteiger partial charge in [-0.25, -0.2) is 0 Å². The van der Waals surface area contributed by atoms with E-state index in [1.165, 1.54) is 12.8 Å². The largest absolute Gasteiger partial charge is 0.329 e. The second-order valence-electron chi connectivity index (χ2n) is 4.40. The van der Waals surface area contributed by atoms with Gasteiger partial charge in [-0.3, -0.25) is 0 Å². The Labute approximate surface area is 102 Å². The Kier molecular flexibility index (Phi) is 9.99. The van der Waals surface area contributed by atoms with E-state index in [1.807, 2.05) is 0 Å². The molecule has 0 saturated heterocycles. The van der Waals surface area contributed by atoms with Gasteiger partial charge in [-0.1, -0.05) is 40.5 Å². The first-order valence-corrected chi connectivity index (χ1v) is 6.89. The van der Waals surface area contributed by atoms with Crippen LogP contribution in [-0.4, -0.2) is 43.7 Å². The van der Waals surface area contributed by atoms with Gasteiger partial charge in [0.25, 0.3) is 0 Å². The first-order valence-electron chi connectivity index (χ1n) is 6.89. The SMILES string of the molecule is CCC(CC)C(CN)NCCN(CC)CC. The lowest BCUT2D eigenvalue weighted by molar-refractivity contribution is 0.276. The first kappa shape index (κ1) is 15.9. The van der Waals surface area contributed by atoms with Crippen LogP contribution in [0.5, 0.6) is 0 Å². The van der Waals surface area contributed by atoms with Crippen molar-refractivity contribution in [3.05, 3.63) is 0 Å². The van der Waals surface area contributed by atoms with Crippen LogP contribution in [0.3, 0.4) is 0 Å². The van der Waals surface area contributed by atoms with Gasteiger partial charge >= 0.3 is 0 Å². The van der Waals surface area contributed by atoms with Gasteiger partial charge in [0.2, 0.25) is 0 Å². The molecule has 0 aromatic rings. The zero-order valence-corrected chi connectivity index (χ0v) is 11.6. The predicted molar refractivity (Wildman–Crippen MR) is 72.7 cm³/mol. The minimum absolute atomic E-state index is 0.491. The molecule has 1 unspecified atom stereocenters. The van der Waals surface area contributed by atoms with Gasteiger partial charge in [0.05, 0.1) is 0 Å². The van der Waals surface area contributed by atoms with Crippen molar-refractivity contribution >= 4 is 0 Å². The van der Waals surface area contributed by atoms with Crippen LogP contribution in [0.1, 0.15) is 40.5 Å². The van der Waals surface area contributed by atoms with Crippen LogP contribution in [0.15, 0.2) is 0 Å². The van der Waals surface area contributed by atoms with Gasteiger partial charge in [-0.15, -0.1) is 0 Å². The van der Waals surface area contributed by atoms with Crippen molar-refractivity contribution in [1.29, 1.82) is 0 Å². The number of nitrogens with zero attached hydrogens (tertiary/aromatic N) is 1. The Bertz CT molecular complexity index is 142. The molecule has 0 aliphatic heterocycles. The number of nitrogens with one attached hydrogen (secondary N) is 1. The van der Waals surface area contributed by atoms with Gasteiger partial charge in [-0.2, -0.15) is 0 Å². The number of likely N-dealkylation sites (N-methyl/N-ethyl adjacent to an activating group) is 1. The maximum absolute atomic E-state index is 5.83. The van der Waals surface area contributed by atoms with Crippen LogP contribution in [0.25, 0.3) is 0 Å². The molecule has 98 valence electrons. The molecular formula is C13H31N3. The molecule has 0 rings (SSSR count). The van der Waals surface area contributed by atoms with E-state index >= 15 is 0 Å². The average Bonchev–Trinajstić information content (AvgIpc) is 2.33. The van der Waals surface area contributed by atoms with E-state index in [0.717, 1.165) is 38.6 Å². The molecule has 0 aromatic heterocycles. The Morgan fingerprint density at radius 2 is 1.62 bits per heavy atom. The summed E-state index contributed by atoms with van der Waals surface area (Å²) in [5, 5.41) is 3.60. The highest BCUT2D eigenvalue weighted by Crippen LogP contribution is 2.11. The molecule has 0 saturated carbocycles. The second kappa shape index (κ2) is 10.1. The van der Waals surface area contributed by atoms with Gasteiger partial charge < -0.3 is 16.0 Å². The fourth-order valence-electron chi connectivity index (χ4n) is 2.25. The van der Waals surface area contributed by atoms with Crippen molar-refractivity contribution in [2.45, 2.75) is 46.6 Å². The summed E-state index contributed by atoms with van der Waals surface area (Å²) in [6, 6.07) is 0.491. The van der Waals surface area contributed by atoms with Gasteiger partial charge in [0.1, 0.15) is 0 Å². The molecule has 1 atom stereocenters. The summed E-state index contributed by atoms with van der Waals surface area (Å²) < 4.78 is 0. The van der Waals surface area contributed by atoms with Crippen molar-refractivity contribution in [3.63, 3.8) is 0 Å². The third-order valence-electron chi connectivity index (χ3n) is 3.60. The molecule has 0 amide bonds. The van der Waals surface area contributed by atoms with E-state index < -0.39 is 0 Å². The molecule has 0 aliphatic carbocycles. The number of hydrogen-bond acceptors (Lipinski definition) is 3. The minimum Gasteiger partial charge on any atom is -0.329 e. The number of rotatable bonds is 10. The van der Waals surface area contributed by atoms with Crippen LogP contribution >= 0.6 is 0 Å². The predicted octanol–water partition coefficient (Wildman–Crippen LogP) is 1.68. The molecule has 0 fully saturated rings. The highest BCUT2D eigenvalue weighted by molar-refractivity contribution is 4.76. The van der Waals surface area contributed by atoms with Crippen molar-refractivity contribution in [2.24, 2.45) is 11.7 Å². The average molecular weight is 229 g/mol. The highest BCUT2D eigenvalue weighted by atomic mass is 15.1. The number of hydrogen-bond donors (Lipinski definition) is 2. The molecule has 0 aromatic carbocycles. The molecule has 3 N–H and O–H groups in total. The van der Waals surface area contributed by atoms with Crippen LogP contribution in [0.2, 0.25) is 0 Å². The smallest absolute Gasteiger partial charge is 0.0218 e. The van der Waals surface area contributed by atoms with Crippen molar-refractivity contribution in [1.82, 2.24) is 10.2 Å². The standard InChI is InChI=1S/C13H31N3/c1-5-12(6-2)13(11-14)15-9-10-16(7-3)8-4/h12-13,15H,5-11,14H2,1-4H3. The van der Waals surface area contributed by atoms with E-state index in [9.17, 15) is 0 Å². The van der Waals surface area contributed by atoms with Crippen molar-refractivity contribution in [3.8, 4) is 0 Å². The van der Waals surface area contributed by atoms with E-state index in [-0.39, 0.29) is 0 Å². The summed E-state index contributed by atoms with van der Waals surface area (Å²) in [7, 11) is 0. The Morgan fingerprint density at radius 1 is 1.06 bits per heavy atom. The maximum Gasteiger partial charge on any atom is 0.0218 e. The molecule has 0 heterocycles. The third kappa shape index (κ3) is 5.83. The zero-order chi connectivity index (χ0) is 12.4. The summed E-state index contributed by atoms with van der Waals surface area (Å²) in [5.41, 5.74) is 5.83. The van der Waals surface area contributed by atoms with Gasteiger partial charge in [0, 0.05) is 25.7 Å². The van der Waals surface area contributed by atoms with Crippen LogP contribution < -0.4 is 11.1 Å². The van der Waals surface area contributed by atoms with Crippen molar-refractivity contribution in [2.75, 3.05) is 32.7 Å². The van der Waals surface area contributed by atoms with Crippen molar-refractivity contribution < 1.29 is 0 Å². The minimum atomic E-state index is 0.491. The summed E-state index contributed by atoms with van der Waals surface area (Å²) in [6.07, 6.45) is 2.44. The summed E-state index contributed by atoms with van der Waals surface area (Å²) in [4.78, 5) is 2.44. The lowest BCUT2D eigenvalue weighted by atomic mass is 9.94. The quantitative estimate of drug-likeness (QED) is 0.599. The van der Waals surface area contributed by atoms with Crippen LogP contribution in [0, 0.1) is 5.92 Å². The highest BCUT2D eigenvalue weighted by Gasteiger charge is 2.15. The van der Waals surface area contributed by atoms with Crippen LogP contribution in [-0.2, 0) is 0 Å². The summed E-state index contributed by atoms with van der Waals surface area (Å²) in [6.45, 7) is 14.1. The fourth-order valence-corrected chi connectivity index (χ4v) is 2.25. The second-order valence-corrected chi connectivity index (χ2v) is 4.40. The molecule has 0 radical (unpaired) electrons. The molecular weight excluding hydrogens is 198 g/mol. The van der Waals surface area contributed by atoms with E-state index in [2.05, 4.69) is 37.9 Å². The van der Waals surface area contributed by atoms with E-state index in [0.29, 0.717) is 6.04 Å². The molecule has 16 heavy (non-hydrogen) atoms. The summed E-state index contributed by atoms with van der Waals surface area (Å²) in [5.74, 6) is 0.724. The first-order chi connectivity index (χ1) is 7.73. The Balaban J connectivity index is 3.85. The van der Waals surface area contributed by atoms with Gasteiger partial charge in [0.15, 0.2) is 0 Å². The lowest BCUT2D eigenvalue weighted by Gasteiger charge is -2.27. The molecule has 0 spiro atoms. The molecule has 0 bridgehead atoms. The number of nitrogens with two attached hydrogens (primary N) is 1. The topological polar surface area (TPSA) is 41.3 Å². The fraction of sp³-hybridized carbons (Fsp3) is 1.00. The van der Waals surface area contributed by atoms with Gasteiger partial charge in [-0.05, 0) is 19.0 Å². The Morgan fingerprint density at radius 3 is 2.00 bits per heavy atom. The molecule has 0 aliphatic rings. The normalized spacial score (nSPS) is 13.7. The Hall–Kier alpha value is -0.120. The molecule has 3 nitrogen and oxygen atoms in total. The maximum atomic E-state index is 5.83.